The molecule has 0 saturated heterocycles. The second-order valence-electron chi connectivity index (χ2n) is 6.92. The minimum Gasteiger partial charge on any atom is -0.225 e. The van der Waals surface area contributed by atoms with E-state index in [-0.39, 0.29) is 4.90 Å². The maximum absolute atomic E-state index is 12.1. The molecular weight excluding hydrogens is 378 g/mol. The fourth-order valence-corrected chi connectivity index (χ4v) is 4.53. The summed E-state index contributed by atoms with van der Waals surface area (Å²) in [5.74, 6) is 0. The quantitative estimate of drug-likeness (QED) is 0.494. The first-order valence-corrected chi connectivity index (χ1v) is 10.9. The van der Waals surface area contributed by atoms with Crippen LogP contribution in [0.2, 0.25) is 0 Å². The molecule has 144 valence electrons. The molecule has 0 aliphatic rings. The predicted octanol–water partition coefficient (Wildman–Crippen LogP) is 4.72. The lowest BCUT2D eigenvalue weighted by atomic mass is 9.65. The Hall–Kier alpha value is -3.21. The largest absolute Gasteiger partial charge is 0.238 e. The topological polar surface area (TPSA) is 60.2 Å². The van der Waals surface area contributed by atoms with Crippen LogP contribution < -0.4 is 5.14 Å². The number of hydrogen-bond acceptors (Lipinski definition) is 2. The molecule has 29 heavy (non-hydrogen) atoms. The minimum atomic E-state index is -3.83. The highest BCUT2D eigenvalue weighted by atomic mass is 32.2. The molecule has 3 nitrogen and oxygen atoms in total. The van der Waals surface area contributed by atoms with Gasteiger partial charge >= 0.3 is 0 Å². The molecule has 0 unspecified atom stereocenters. The number of sulfonamides is 1. The van der Waals surface area contributed by atoms with Gasteiger partial charge in [-0.1, -0.05) is 103 Å². The molecule has 0 saturated carbocycles. The van der Waals surface area contributed by atoms with E-state index in [0.29, 0.717) is 0 Å². The molecule has 0 amide bonds. The average Bonchev–Trinajstić information content (AvgIpc) is 2.76. The number of benzene rings is 4. The van der Waals surface area contributed by atoms with Crippen LogP contribution in [0.25, 0.3) is 0 Å². The Labute approximate surface area is 171 Å². The zero-order valence-electron chi connectivity index (χ0n) is 15.8. The van der Waals surface area contributed by atoms with Gasteiger partial charge in [0.05, 0.1) is 10.3 Å². The first-order chi connectivity index (χ1) is 14.0. The van der Waals surface area contributed by atoms with Crippen LogP contribution in [-0.2, 0) is 15.4 Å². The van der Waals surface area contributed by atoms with Gasteiger partial charge in [0.25, 0.3) is 0 Å². The summed E-state index contributed by atoms with van der Waals surface area (Å²) in [7, 11) is -3.83. The normalized spacial score (nSPS) is 11.9. The van der Waals surface area contributed by atoms with Crippen LogP contribution in [0.15, 0.2) is 120 Å². The highest BCUT2D eigenvalue weighted by Crippen LogP contribution is 2.45. The van der Waals surface area contributed by atoms with Crippen molar-refractivity contribution in [1.82, 2.24) is 0 Å². The Kier molecular flexibility index (Phi) is 5.05. The van der Waals surface area contributed by atoms with Crippen molar-refractivity contribution < 1.29 is 8.42 Å². The van der Waals surface area contributed by atoms with Gasteiger partial charge in [0.1, 0.15) is 0 Å². The van der Waals surface area contributed by atoms with Crippen molar-refractivity contribution in [3.8, 4) is 0 Å². The van der Waals surface area contributed by atoms with E-state index in [2.05, 4.69) is 36.4 Å². The van der Waals surface area contributed by atoms with Gasteiger partial charge in [-0.2, -0.15) is 0 Å². The summed E-state index contributed by atoms with van der Waals surface area (Å²) in [6.07, 6.45) is 0. The fourth-order valence-electron chi connectivity index (χ4n) is 3.97. The average molecular weight is 400 g/mol. The smallest absolute Gasteiger partial charge is 0.225 e. The molecule has 0 aromatic heterocycles. The first kappa shape index (κ1) is 19.1. The Morgan fingerprint density at radius 1 is 0.517 bits per heavy atom. The third kappa shape index (κ3) is 3.48. The van der Waals surface area contributed by atoms with E-state index in [1.54, 1.807) is 12.1 Å². The molecule has 0 atom stereocenters. The van der Waals surface area contributed by atoms with Crippen molar-refractivity contribution in [3.63, 3.8) is 0 Å². The van der Waals surface area contributed by atoms with E-state index in [4.69, 9.17) is 5.14 Å². The van der Waals surface area contributed by atoms with Crippen LogP contribution in [0.1, 0.15) is 22.3 Å². The molecular formula is C25H21NO2S. The molecule has 0 aliphatic heterocycles. The molecule has 4 aromatic rings. The third-order valence-electron chi connectivity index (χ3n) is 5.22. The van der Waals surface area contributed by atoms with Crippen LogP contribution in [0.3, 0.4) is 0 Å². The Morgan fingerprint density at radius 3 is 1.28 bits per heavy atom. The number of nitrogens with two attached hydrogens (primary N) is 1. The summed E-state index contributed by atoms with van der Waals surface area (Å²) in [4.78, 5) is 0.0992. The Bertz CT molecular complexity index is 1110. The van der Waals surface area contributed by atoms with E-state index >= 15 is 0 Å². The molecule has 0 heterocycles. The van der Waals surface area contributed by atoms with Crippen LogP contribution in [0, 0.1) is 0 Å². The summed E-state index contributed by atoms with van der Waals surface area (Å²) in [6, 6.07) is 37.3. The standard InChI is InChI=1S/C25H21NO2S/c26-29(27,28)24-18-10-17-23(19-24)25(20-11-4-1-5-12-20,21-13-6-2-7-14-21)22-15-8-3-9-16-22/h1-19H,(H2,26,27,28). The molecule has 0 radical (unpaired) electrons. The molecule has 4 heteroatoms. The van der Waals surface area contributed by atoms with E-state index in [1.807, 2.05) is 60.7 Å². The molecule has 0 fully saturated rings. The summed E-state index contributed by atoms with van der Waals surface area (Å²) in [5, 5.41) is 5.46. The molecule has 4 aromatic carbocycles. The van der Waals surface area contributed by atoms with Crippen molar-refractivity contribution in [3.05, 3.63) is 138 Å². The number of primary sulfonamides is 1. The number of hydrogen-bond donors (Lipinski definition) is 1. The van der Waals surface area contributed by atoms with E-state index in [0.717, 1.165) is 22.3 Å². The van der Waals surface area contributed by atoms with Crippen molar-refractivity contribution in [2.24, 2.45) is 5.14 Å². The van der Waals surface area contributed by atoms with Gasteiger partial charge in [-0.05, 0) is 34.4 Å². The van der Waals surface area contributed by atoms with Crippen molar-refractivity contribution in [2.75, 3.05) is 0 Å². The molecule has 2 N–H and O–H groups in total. The van der Waals surface area contributed by atoms with Gasteiger partial charge in [0.2, 0.25) is 10.0 Å². The molecule has 0 aliphatic carbocycles. The van der Waals surface area contributed by atoms with Gasteiger partial charge in [0, 0.05) is 0 Å². The van der Waals surface area contributed by atoms with Crippen molar-refractivity contribution in [2.45, 2.75) is 10.3 Å². The lowest BCUT2D eigenvalue weighted by Crippen LogP contribution is -2.31. The van der Waals surface area contributed by atoms with Gasteiger partial charge < -0.3 is 0 Å². The van der Waals surface area contributed by atoms with Crippen LogP contribution >= 0.6 is 0 Å². The van der Waals surface area contributed by atoms with Gasteiger partial charge in [0.15, 0.2) is 0 Å². The van der Waals surface area contributed by atoms with E-state index in [1.165, 1.54) is 6.07 Å². The second-order valence-corrected chi connectivity index (χ2v) is 8.48. The Balaban J connectivity index is 2.15. The van der Waals surface area contributed by atoms with Crippen molar-refractivity contribution >= 4 is 10.0 Å². The molecule has 4 rings (SSSR count). The Morgan fingerprint density at radius 2 is 0.897 bits per heavy atom. The van der Waals surface area contributed by atoms with Crippen LogP contribution in [0.5, 0.6) is 0 Å². The lowest BCUT2D eigenvalue weighted by Gasteiger charge is -2.37. The zero-order chi connectivity index (χ0) is 20.3. The highest BCUT2D eigenvalue weighted by Gasteiger charge is 2.38. The third-order valence-corrected chi connectivity index (χ3v) is 6.13. The predicted molar refractivity (Wildman–Crippen MR) is 116 cm³/mol. The summed E-state index contributed by atoms with van der Waals surface area (Å²) in [5.41, 5.74) is 3.29. The molecule has 0 spiro atoms. The van der Waals surface area contributed by atoms with Crippen LogP contribution in [-0.4, -0.2) is 8.42 Å². The maximum atomic E-state index is 12.1. The van der Waals surface area contributed by atoms with Gasteiger partial charge in [-0.15, -0.1) is 0 Å². The first-order valence-electron chi connectivity index (χ1n) is 9.33. The second kappa shape index (κ2) is 7.66. The number of rotatable bonds is 5. The lowest BCUT2D eigenvalue weighted by molar-refractivity contribution is 0.597. The maximum Gasteiger partial charge on any atom is 0.238 e. The van der Waals surface area contributed by atoms with Gasteiger partial charge in [-0.3, -0.25) is 0 Å². The van der Waals surface area contributed by atoms with Crippen LogP contribution in [0.4, 0.5) is 0 Å². The van der Waals surface area contributed by atoms with E-state index in [9.17, 15) is 8.42 Å². The van der Waals surface area contributed by atoms with Crippen molar-refractivity contribution in [1.29, 1.82) is 0 Å². The summed E-state index contributed by atoms with van der Waals surface area (Å²) in [6.45, 7) is 0. The monoisotopic (exact) mass is 399 g/mol. The van der Waals surface area contributed by atoms with Gasteiger partial charge in [-0.25, -0.2) is 13.6 Å². The summed E-state index contributed by atoms with van der Waals surface area (Å²) >= 11 is 0. The fraction of sp³-hybridized carbons (Fsp3) is 0.0400. The highest BCUT2D eigenvalue weighted by molar-refractivity contribution is 7.89. The SMILES string of the molecule is NS(=O)(=O)c1cccc(C(c2ccccc2)(c2ccccc2)c2ccccc2)c1. The van der Waals surface area contributed by atoms with E-state index < -0.39 is 15.4 Å². The summed E-state index contributed by atoms with van der Waals surface area (Å²) < 4.78 is 24.2. The minimum absolute atomic E-state index is 0.0992. The molecule has 0 bridgehead atoms. The zero-order valence-corrected chi connectivity index (χ0v) is 16.6.